The first-order valence-corrected chi connectivity index (χ1v) is 8.04. The van der Waals surface area contributed by atoms with Crippen LogP contribution in [0, 0.1) is 13.8 Å². The normalized spacial score (nSPS) is 16.8. The van der Waals surface area contributed by atoms with E-state index in [1.165, 1.54) is 18.4 Å². The molecule has 1 atom stereocenters. The molecular weight excluding hydrogens is 262 g/mol. The minimum absolute atomic E-state index is 0.116. The number of likely N-dealkylation sites (N-methyl/N-ethyl adjacent to an activating group) is 1. The fraction of sp³-hybridized carbons (Fsp3) is 0.611. The summed E-state index contributed by atoms with van der Waals surface area (Å²) in [5, 5.41) is 0. The van der Waals surface area contributed by atoms with Crippen molar-refractivity contribution >= 4 is 5.91 Å². The molecule has 0 bridgehead atoms. The molecule has 0 saturated heterocycles. The molecule has 3 nitrogen and oxygen atoms in total. The molecule has 0 aromatic heterocycles. The van der Waals surface area contributed by atoms with E-state index in [4.69, 9.17) is 4.74 Å². The van der Waals surface area contributed by atoms with Crippen molar-refractivity contribution in [3.63, 3.8) is 0 Å². The number of rotatable bonds is 5. The number of benzene rings is 1. The highest BCUT2D eigenvalue weighted by molar-refractivity contribution is 5.81. The molecule has 0 radical (unpaired) electrons. The largest absolute Gasteiger partial charge is 0.480 e. The third-order valence-electron chi connectivity index (χ3n) is 4.69. The van der Waals surface area contributed by atoms with Gasteiger partial charge in [0, 0.05) is 13.1 Å². The summed E-state index contributed by atoms with van der Waals surface area (Å²) in [7, 11) is 1.92. The van der Waals surface area contributed by atoms with Gasteiger partial charge in [0.25, 0.3) is 5.91 Å². The van der Waals surface area contributed by atoms with E-state index in [0.717, 1.165) is 24.2 Å². The summed E-state index contributed by atoms with van der Waals surface area (Å²) in [5.41, 5.74) is 2.31. The van der Waals surface area contributed by atoms with Gasteiger partial charge in [-0.3, -0.25) is 4.79 Å². The first-order chi connectivity index (χ1) is 10.0. The van der Waals surface area contributed by atoms with E-state index < -0.39 is 0 Å². The zero-order valence-corrected chi connectivity index (χ0v) is 13.7. The van der Waals surface area contributed by atoms with Crippen molar-refractivity contribution in [2.75, 3.05) is 7.05 Å². The van der Waals surface area contributed by atoms with Crippen LogP contribution in [0.15, 0.2) is 18.2 Å². The molecule has 0 N–H and O–H groups in total. The van der Waals surface area contributed by atoms with Crippen LogP contribution < -0.4 is 4.74 Å². The molecule has 2 rings (SSSR count). The Hall–Kier alpha value is -1.51. The second-order valence-corrected chi connectivity index (χ2v) is 6.10. The van der Waals surface area contributed by atoms with E-state index >= 15 is 0 Å². The topological polar surface area (TPSA) is 29.5 Å². The number of ether oxygens (including phenoxy) is 1. The van der Waals surface area contributed by atoms with Gasteiger partial charge in [0.05, 0.1) is 0 Å². The van der Waals surface area contributed by atoms with E-state index in [0.29, 0.717) is 12.5 Å². The number of carbonyl (C=O) groups excluding carboxylic acids is 1. The van der Waals surface area contributed by atoms with Gasteiger partial charge in [0.15, 0.2) is 6.10 Å². The van der Waals surface area contributed by atoms with Crippen LogP contribution in [0.25, 0.3) is 0 Å². The molecule has 3 heteroatoms. The van der Waals surface area contributed by atoms with Crippen LogP contribution in [-0.2, 0) is 4.79 Å². The number of carbonyl (C=O) groups is 1. The SMILES string of the molecule is CCC(Oc1cccc(C)c1C)C(=O)N(C)C1CCCC1. The number of hydrogen-bond acceptors (Lipinski definition) is 2. The molecule has 1 amide bonds. The molecule has 1 unspecified atom stereocenters. The Kier molecular flexibility index (Phi) is 5.27. The molecular formula is C18H27NO2. The highest BCUT2D eigenvalue weighted by Crippen LogP contribution is 2.26. The third kappa shape index (κ3) is 3.58. The predicted octanol–water partition coefficient (Wildman–Crippen LogP) is 3.86. The van der Waals surface area contributed by atoms with Crippen LogP contribution in [-0.4, -0.2) is 30.0 Å². The highest BCUT2D eigenvalue weighted by Gasteiger charge is 2.29. The second kappa shape index (κ2) is 6.97. The summed E-state index contributed by atoms with van der Waals surface area (Å²) in [4.78, 5) is 14.6. The molecule has 0 spiro atoms. The van der Waals surface area contributed by atoms with Crippen LogP contribution in [0.3, 0.4) is 0 Å². The van der Waals surface area contributed by atoms with Crippen molar-refractivity contribution in [2.24, 2.45) is 0 Å². The minimum Gasteiger partial charge on any atom is -0.480 e. The molecule has 1 aliphatic carbocycles. The van der Waals surface area contributed by atoms with Gasteiger partial charge >= 0.3 is 0 Å². The Morgan fingerprint density at radius 3 is 2.62 bits per heavy atom. The quantitative estimate of drug-likeness (QED) is 0.823. The smallest absolute Gasteiger partial charge is 0.263 e. The fourth-order valence-electron chi connectivity index (χ4n) is 3.01. The first kappa shape index (κ1) is 15.9. The lowest BCUT2D eigenvalue weighted by atomic mass is 10.1. The van der Waals surface area contributed by atoms with Crippen LogP contribution in [0.1, 0.15) is 50.2 Å². The van der Waals surface area contributed by atoms with Gasteiger partial charge in [0.1, 0.15) is 5.75 Å². The molecule has 1 aromatic rings. The fourth-order valence-corrected chi connectivity index (χ4v) is 3.01. The van der Waals surface area contributed by atoms with Gasteiger partial charge in [-0.25, -0.2) is 0 Å². The van der Waals surface area contributed by atoms with Gasteiger partial charge in [0.2, 0.25) is 0 Å². The molecule has 0 aliphatic heterocycles. The van der Waals surface area contributed by atoms with Crippen molar-refractivity contribution in [2.45, 2.75) is 65.0 Å². The number of aryl methyl sites for hydroxylation is 1. The monoisotopic (exact) mass is 289 g/mol. The average Bonchev–Trinajstić information content (AvgIpc) is 3.01. The first-order valence-electron chi connectivity index (χ1n) is 8.04. The number of amides is 1. The number of hydrogen-bond donors (Lipinski definition) is 0. The van der Waals surface area contributed by atoms with Gasteiger partial charge in [-0.1, -0.05) is 31.9 Å². The number of nitrogens with zero attached hydrogens (tertiary/aromatic N) is 1. The van der Waals surface area contributed by atoms with E-state index in [-0.39, 0.29) is 12.0 Å². The van der Waals surface area contributed by atoms with E-state index in [1.54, 1.807) is 0 Å². The molecule has 1 fully saturated rings. The summed E-state index contributed by atoms with van der Waals surface area (Å²) < 4.78 is 6.03. The van der Waals surface area contributed by atoms with Crippen molar-refractivity contribution < 1.29 is 9.53 Å². The predicted molar refractivity (Wildman–Crippen MR) is 85.6 cm³/mol. The Morgan fingerprint density at radius 2 is 2.00 bits per heavy atom. The molecule has 0 heterocycles. The van der Waals surface area contributed by atoms with Crippen molar-refractivity contribution in [3.05, 3.63) is 29.3 Å². The zero-order chi connectivity index (χ0) is 15.4. The Bertz CT molecular complexity index is 492. The maximum atomic E-state index is 12.7. The summed E-state index contributed by atoms with van der Waals surface area (Å²) in [5.74, 6) is 0.945. The molecule has 116 valence electrons. The lowest BCUT2D eigenvalue weighted by Crippen LogP contribution is -2.44. The van der Waals surface area contributed by atoms with E-state index in [1.807, 2.05) is 37.9 Å². The Labute approximate surface area is 128 Å². The standard InChI is InChI=1S/C18H27NO2/c1-5-16(18(20)19(4)15-10-6-7-11-15)21-17-12-8-9-13(2)14(17)3/h8-9,12,15-16H,5-7,10-11H2,1-4H3. The molecule has 1 aromatic carbocycles. The van der Waals surface area contributed by atoms with Gasteiger partial charge in [-0.05, 0) is 50.3 Å². The molecule has 1 saturated carbocycles. The van der Waals surface area contributed by atoms with Crippen molar-refractivity contribution in [1.29, 1.82) is 0 Å². The highest BCUT2D eigenvalue weighted by atomic mass is 16.5. The van der Waals surface area contributed by atoms with E-state index in [2.05, 4.69) is 13.0 Å². The van der Waals surface area contributed by atoms with Crippen LogP contribution in [0.4, 0.5) is 0 Å². The van der Waals surface area contributed by atoms with Gasteiger partial charge < -0.3 is 9.64 Å². The zero-order valence-electron chi connectivity index (χ0n) is 13.7. The minimum atomic E-state index is -0.379. The Morgan fingerprint density at radius 1 is 1.33 bits per heavy atom. The summed E-state index contributed by atoms with van der Waals surface area (Å²) in [6.07, 6.45) is 5.04. The average molecular weight is 289 g/mol. The lowest BCUT2D eigenvalue weighted by Gasteiger charge is -2.29. The summed E-state index contributed by atoms with van der Waals surface area (Å²) in [6.45, 7) is 6.12. The lowest BCUT2D eigenvalue weighted by molar-refractivity contribution is -0.139. The van der Waals surface area contributed by atoms with Crippen molar-refractivity contribution in [1.82, 2.24) is 4.90 Å². The van der Waals surface area contributed by atoms with Crippen LogP contribution >= 0.6 is 0 Å². The molecule has 21 heavy (non-hydrogen) atoms. The van der Waals surface area contributed by atoms with Crippen molar-refractivity contribution in [3.8, 4) is 5.75 Å². The summed E-state index contributed by atoms with van der Waals surface area (Å²) in [6, 6.07) is 6.40. The van der Waals surface area contributed by atoms with Gasteiger partial charge in [-0.15, -0.1) is 0 Å². The van der Waals surface area contributed by atoms with Crippen LogP contribution in [0.5, 0.6) is 5.75 Å². The maximum Gasteiger partial charge on any atom is 0.263 e. The Balaban J connectivity index is 2.08. The second-order valence-electron chi connectivity index (χ2n) is 6.10. The van der Waals surface area contributed by atoms with E-state index in [9.17, 15) is 4.79 Å². The third-order valence-corrected chi connectivity index (χ3v) is 4.69. The molecule has 1 aliphatic rings. The van der Waals surface area contributed by atoms with Gasteiger partial charge in [-0.2, -0.15) is 0 Å². The summed E-state index contributed by atoms with van der Waals surface area (Å²) >= 11 is 0. The van der Waals surface area contributed by atoms with Crippen LogP contribution in [0.2, 0.25) is 0 Å². The maximum absolute atomic E-state index is 12.7.